The Morgan fingerprint density at radius 3 is 2.43 bits per heavy atom. The zero-order valence-electron chi connectivity index (χ0n) is 11.2. The third kappa shape index (κ3) is 3.55. The summed E-state index contributed by atoms with van der Waals surface area (Å²) in [6.07, 6.45) is 0.618. The minimum absolute atomic E-state index is 0.185. The summed E-state index contributed by atoms with van der Waals surface area (Å²) in [4.78, 5) is 10.6. The van der Waals surface area contributed by atoms with Crippen molar-refractivity contribution in [1.29, 1.82) is 0 Å². The number of carbonyl (C=O) groups is 1. The van der Waals surface area contributed by atoms with Crippen LogP contribution in [0.15, 0.2) is 52.9 Å². The molecule has 108 valence electrons. The number of methoxy groups -OCH3 is 1. The van der Waals surface area contributed by atoms with Crippen molar-refractivity contribution < 1.29 is 19.1 Å². The van der Waals surface area contributed by atoms with E-state index in [4.69, 9.17) is 25.9 Å². The molecular formula is C16H13ClO4. The molecule has 0 amide bonds. The molecule has 0 radical (unpaired) electrons. The summed E-state index contributed by atoms with van der Waals surface area (Å²) in [5.74, 6) is 0.935. The van der Waals surface area contributed by atoms with Gasteiger partial charge < -0.3 is 14.3 Å². The Morgan fingerprint density at radius 2 is 1.90 bits per heavy atom. The molecule has 4 nitrogen and oxygen atoms in total. The summed E-state index contributed by atoms with van der Waals surface area (Å²) < 4.78 is 10.3. The van der Waals surface area contributed by atoms with Gasteiger partial charge in [-0.15, -0.1) is 0 Å². The lowest BCUT2D eigenvalue weighted by Gasteiger charge is -1.95. The van der Waals surface area contributed by atoms with E-state index < -0.39 is 0 Å². The van der Waals surface area contributed by atoms with E-state index in [1.54, 1.807) is 42.5 Å². The second-order valence-electron chi connectivity index (χ2n) is 4.09. The van der Waals surface area contributed by atoms with Crippen molar-refractivity contribution in [2.75, 3.05) is 7.11 Å². The summed E-state index contributed by atoms with van der Waals surface area (Å²) >= 11 is 5.81. The molecule has 0 bridgehead atoms. The first kappa shape index (κ1) is 14.9. The number of phenols is 1. The zero-order valence-corrected chi connectivity index (χ0v) is 12.0. The van der Waals surface area contributed by atoms with Gasteiger partial charge in [0, 0.05) is 5.02 Å². The second kappa shape index (κ2) is 6.81. The quantitative estimate of drug-likeness (QED) is 0.717. The van der Waals surface area contributed by atoms with E-state index in [0.717, 1.165) is 0 Å². The molecule has 1 aromatic heterocycles. The van der Waals surface area contributed by atoms with Crippen molar-refractivity contribution in [3.05, 3.63) is 59.3 Å². The van der Waals surface area contributed by atoms with Crippen LogP contribution in [0.1, 0.15) is 10.6 Å². The largest absolute Gasteiger partial charge is 0.508 e. The first-order valence-corrected chi connectivity index (χ1v) is 6.48. The van der Waals surface area contributed by atoms with Gasteiger partial charge in [0.1, 0.15) is 11.3 Å². The van der Waals surface area contributed by atoms with E-state index in [2.05, 4.69) is 0 Å². The SMILES string of the molecule is COc1c(C=O)oc2ccc(Cl)cc12.Oc1ccccc1. The molecule has 0 atom stereocenters. The monoisotopic (exact) mass is 304 g/mol. The lowest BCUT2D eigenvalue weighted by molar-refractivity contribution is 0.109. The molecule has 1 heterocycles. The van der Waals surface area contributed by atoms with Gasteiger partial charge >= 0.3 is 0 Å². The maximum absolute atomic E-state index is 10.6. The predicted molar refractivity (Wildman–Crippen MR) is 81.3 cm³/mol. The van der Waals surface area contributed by atoms with Crippen molar-refractivity contribution in [3.8, 4) is 11.5 Å². The first-order chi connectivity index (χ1) is 10.2. The van der Waals surface area contributed by atoms with E-state index in [9.17, 15) is 4.79 Å². The third-order valence-electron chi connectivity index (χ3n) is 2.70. The molecule has 0 aliphatic heterocycles. The molecule has 1 N–H and O–H groups in total. The van der Waals surface area contributed by atoms with Gasteiger partial charge in [-0.2, -0.15) is 0 Å². The van der Waals surface area contributed by atoms with Crippen LogP contribution in [0.3, 0.4) is 0 Å². The van der Waals surface area contributed by atoms with Gasteiger partial charge in [0.15, 0.2) is 12.0 Å². The van der Waals surface area contributed by atoms with Crippen molar-refractivity contribution in [2.45, 2.75) is 0 Å². The van der Waals surface area contributed by atoms with Gasteiger partial charge in [-0.05, 0) is 30.3 Å². The van der Waals surface area contributed by atoms with Crippen molar-refractivity contribution in [2.24, 2.45) is 0 Å². The van der Waals surface area contributed by atoms with Crippen LogP contribution in [0.4, 0.5) is 0 Å². The number of hydrogen-bond donors (Lipinski definition) is 1. The number of furan rings is 1. The lowest BCUT2D eigenvalue weighted by atomic mass is 10.2. The summed E-state index contributed by atoms with van der Waals surface area (Å²) in [5.41, 5.74) is 0.591. The highest BCUT2D eigenvalue weighted by atomic mass is 35.5. The molecule has 0 saturated heterocycles. The van der Waals surface area contributed by atoms with Crippen molar-refractivity contribution in [1.82, 2.24) is 0 Å². The zero-order chi connectivity index (χ0) is 15.2. The minimum atomic E-state index is 0.185. The number of fused-ring (bicyclic) bond motifs is 1. The Morgan fingerprint density at radius 1 is 1.19 bits per heavy atom. The number of para-hydroxylation sites is 1. The summed E-state index contributed by atoms with van der Waals surface area (Å²) in [7, 11) is 1.48. The fourth-order valence-corrected chi connectivity index (χ4v) is 1.95. The number of aldehydes is 1. The van der Waals surface area contributed by atoms with Gasteiger partial charge in [0.2, 0.25) is 5.76 Å². The smallest absolute Gasteiger partial charge is 0.209 e. The number of ether oxygens (including phenoxy) is 1. The number of hydrogen-bond acceptors (Lipinski definition) is 4. The van der Waals surface area contributed by atoms with Crippen LogP contribution >= 0.6 is 11.6 Å². The minimum Gasteiger partial charge on any atom is -0.508 e. The first-order valence-electron chi connectivity index (χ1n) is 6.11. The topological polar surface area (TPSA) is 59.7 Å². The highest BCUT2D eigenvalue weighted by Crippen LogP contribution is 2.33. The molecule has 0 aliphatic carbocycles. The molecule has 0 spiro atoms. The fourth-order valence-electron chi connectivity index (χ4n) is 1.78. The lowest BCUT2D eigenvalue weighted by Crippen LogP contribution is -1.84. The number of benzene rings is 2. The molecule has 3 rings (SSSR count). The normalized spacial score (nSPS) is 9.81. The number of aromatic hydroxyl groups is 1. The van der Waals surface area contributed by atoms with Crippen molar-refractivity contribution >= 4 is 28.9 Å². The molecule has 0 unspecified atom stereocenters. The molecule has 0 aliphatic rings. The molecule has 0 fully saturated rings. The maximum atomic E-state index is 10.6. The van der Waals surface area contributed by atoms with E-state index in [-0.39, 0.29) is 5.76 Å². The van der Waals surface area contributed by atoms with Crippen LogP contribution in [-0.4, -0.2) is 18.5 Å². The summed E-state index contributed by atoms with van der Waals surface area (Å²) in [5, 5.41) is 9.92. The van der Waals surface area contributed by atoms with Gasteiger partial charge in [-0.3, -0.25) is 4.79 Å². The van der Waals surface area contributed by atoms with Crippen LogP contribution in [-0.2, 0) is 0 Å². The van der Waals surface area contributed by atoms with Crippen LogP contribution in [0.5, 0.6) is 11.5 Å². The molecule has 3 aromatic rings. The number of halogens is 1. The van der Waals surface area contributed by atoms with Crippen LogP contribution in [0.25, 0.3) is 11.0 Å². The number of phenolic OH excluding ortho intramolecular Hbond substituents is 1. The Labute approximate surface area is 126 Å². The molecular weight excluding hydrogens is 292 g/mol. The Bertz CT molecular complexity index is 735. The Hall–Kier alpha value is -2.46. The Balaban J connectivity index is 0.000000194. The Kier molecular flexibility index (Phi) is 4.85. The van der Waals surface area contributed by atoms with Gasteiger partial charge in [-0.25, -0.2) is 0 Å². The van der Waals surface area contributed by atoms with E-state index in [1.807, 2.05) is 6.07 Å². The molecule has 0 saturated carbocycles. The highest BCUT2D eigenvalue weighted by Gasteiger charge is 2.13. The fraction of sp³-hybridized carbons (Fsp3) is 0.0625. The second-order valence-corrected chi connectivity index (χ2v) is 4.53. The number of rotatable bonds is 2. The van der Waals surface area contributed by atoms with Crippen LogP contribution in [0.2, 0.25) is 5.02 Å². The highest BCUT2D eigenvalue weighted by molar-refractivity contribution is 6.31. The van der Waals surface area contributed by atoms with Gasteiger partial charge in [-0.1, -0.05) is 29.8 Å². The summed E-state index contributed by atoms with van der Waals surface area (Å²) in [6, 6.07) is 13.8. The number of carbonyl (C=O) groups excluding carboxylic acids is 1. The van der Waals surface area contributed by atoms with Crippen LogP contribution in [0, 0.1) is 0 Å². The van der Waals surface area contributed by atoms with Gasteiger partial charge in [0.05, 0.1) is 12.5 Å². The molecule has 21 heavy (non-hydrogen) atoms. The standard InChI is InChI=1S/C10H7ClO3.C6H6O/c1-13-10-7-4-6(11)2-3-8(7)14-9(10)5-12;7-6-4-2-1-3-5-6/h2-5H,1H3;1-5,7H. The predicted octanol–water partition coefficient (Wildman–Crippen LogP) is 4.30. The molecule has 5 heteroatoms. The maximum Gasteiger partial charge on any atom is 0.209 e. The van der Waals surface area contributed by atoms with Gasteiger partial charge in [0.25, 0.3) is 0 Å². The summed E-state index contributed by atoms with van der Waals surface area (Å²) in [6.45, 7) is 0. The van der Waals surface area contributed by atoms with E-state index >= 15 is 0 Å². The average Bonchev–Trinajstić information content (AvgIpc) is 2.85. The van der Waals surface area contributed by atoms with E-state index in [0.29, 0.717) is 33.8 Å². The molecule has 2 aromatic carbocycles. The van der Waals surface area contributed by atoms with E-state index in [1.165, 1.54) is 7.11 Å². The van der Waals surface area contributed by atoms with Crippen molar-refractivity contribution in [3.63, 3.8) is 0 Å². The third-order valence-corrected chi connectivity index (χ3v) is 2.93. The average molecular weight is 305 g/mol. The van der Waals surface area contributed by atoms with Crippen LogP contribution < -0.4 is 4.74 Å².